The van der Waals surface area contributed by atoms with Crippen LogP contribution in [0.25, 0.3) is 0 Å². The van der Waals surface area contributed by atoms with Gasteiger partial charge in [-0.3, -0.25) is 0 Å². The lowest BCUT2D eigenvalue weighted by Crippen LogP contribution is -2.44. The minimum atomic E-state index is -1.39. The van der Waals surface area contributed by atoms with Crippen LogP contribution in [0.1, 0.15) is 33.6 Å². The quantitative estimate of drug-likeness (QED) is 0.574. The predicted octanol–water partition coefficient (Wildman–Crippen LogP) is 1.90. The lowest BCUT2D eigenvalue weighted by molar-refractivity contribution is -0.167. The van der Waals surface area contributed by atoms with Crippen molar-refractivity contribution in [3.8, 4) is 0 Å². The second-order valence-electron chi connectivity index (χ2n) is 4.48. The van der Waals surface area contributed by atoms with Gasteiger partial charge in [-0.05, 0) is 32.6 Å². The van der Waals surface area contributed by atoms with E-state index in [0.717, 1.165) is 12.8 Å². The molecular weight excluding hydrogens is 192 g/mol. The Kier molecular flexibility index (Phi) is 3.91. The monoisotopic (exact) mass is 212 g/mol. The number of aliphatic hydroxyl groups is 1. The summed E-state index contributed by atoms with van der Waals surface area (Å²) >= 11 is 0. The fourth-order valence-electron chi connectivity index (χ4n) is 1.93. The Hall–Kier alpha value is -0.830. The molecule has 3 heteroatoms. The van der Waals surface area contributed by atoms with Crippen LogP contribution in [0.2, 0.25) is 0 Å². The van der Waals surface area contributed by atoms with E-state index in [9.17, 15) is 9.90 Å². The zero-order valence-electron chi connectivity index (χ0n) is 9.69. The molecule has 0 fully saturated rings. The Balaban J connectivity index is 2.71. The van der Waals surface area contributed by atoms with Crippen LogP contribution in [0, 0.1) is 11.8 Å². The molecule has 0 aromatic carbocycles. The molecule has 86 valence electrons. The second-order valence-corrected chi connectivity index (χ2v) is 4.48. The van der Waals surface area contributed by atoms with Gasteiger partial charge in [-0.1, -0.05) is 19.1 Å². The van der Waals surface area contributed by atoms with Crippen molar-refractivity contribution in [3.63, 3.8) is 0 Å². The molecule has 1 aliphatic carbocycles. The van der Waals surface area contributed by atoms with E-state index in [4.69, 9.17) is 4.74 Å². The van der Waals surface area contributed by atoms with Crippen LogP contribution in [0.5, 0.6) is 0 Å². The molecule has 15 heavy (non-hydrogen) atoms. The Bertz CT molecular complexity index is 256. The van der Waals surface area contributed by atoms with Gasteiger partial charge in [0.05, 0.1) is 6.61 Å². The third kappa shape index (κ3) is 2.81. The van der Waals surface area contributed by atoms with Gasteiger partial charge < -0.3 is 9.84 Å². The van der Waals surface area contributed by atoms with Gasteiger partial charge in [0.2, 0.25) is 0 Å². The molecule has 0 bridgehead atoms. The summed E-state index contributed by atoms with van der Waals surface area (Å²) in [5, 5.41) is 10.1. The predicted molar refractivity (Wildman–Crippen MR) is 58.3 cm³/mol. The van der Waals surface area contributed by atoms with Crippen molar-refractivity contribution < 1.29 is 14.6 Å². The Morgan fingerprint density at radius 2 is 2.33 bits per heavy atom. The van der Waals surface area contributed by atoms with E-state index < -0.39 is 11.6 Å². The average Bonchev–Trinajstić information content (AvgIpc) is 2.18. The van der Waals surface area contributed by atoms with E-state index in [0.29, 0.717) is 12.5 Å². The van der Waals surface area contributed by atoms with Crippen molar-refractivity contribution in [1.29, 1.82) is 0 Å². The van der Waals surface area contributed by atoms with Gasteiger partial charge in [-0.15, -0.1) is 0 Å². The Morgan fingerprint density at radius 1 is 1.67 bits per heavy atom. The van der Waals surface area contributed by atoms with Gasteiger partial charge in [0.15, 0.2) is 5.60 Å². The second kappa shape index (κ2) is 4.79. The molecule has 0 unspecified atom stereocenters. The molecule has 3 nitrogen and oxygen atoms in total. The molecule has 1 rings (SSSR count). The largest absolute Gasteiger partial charge is 0.464 e. The number of rotatable bonds is 3. The zero-order valence-corrected chi connectivity index (χ0v) is 9.69. The van der Waals surface area contributed by atoms with Gasteiger partial charge in [0.1, 0.15) is 0 Å². The van der Waals surface area contributed by atoms with Crippen LogP contribution in [-0.2, 0) is 9.53 Å². The molecule has 3 atom stereocenters. The summed E-state index contributed by atoms with van der Waals surface area (Å²) in [5.74, 6) is -0.130. The molecule has 0 aromatic heterocycles. The van der Waals surface area contributed by atoms with Crippen molar-refractivity contribution in [1.82, 2.24) is 0 Å². The highest BCUT2D eigenvalue weighted by molar-refractivity contribution is 5.79. The minimum absolute atomic E-state index is 0.125. The van der Waals surface area contributed by atoms with Gasteiger partial charge in [0, 0.05) is 5.92 Å². The fourth-order valence-corrected chi connectivity index (χ4v) is 1.93. The summed E-state index contributed by atoms with van der Waals surface area (Å²) < 4.78 is 4.87. The van der Waals surface area contributed by atoms with E-state index in [2.05, 4.69) is 6.92 Å². The van der Waals surface area contributed by atoms with Gasteiger partial charge >= 0.3 is 5.97 Å². The molecule has 0 radical (unpaired) electrons. The molecule has 0 amide bonds. The average molecular weight is 212 g/mol. The number of carbonyl (C=O) groups is 1. The lowest BCUT2D eigenvalue weighted by atomic mass is 9.78. The molecule has 0 saturated heterocycles. The highest BCUT2D eigenvalue weighted by atomic mass is 16.5. The molecular formula is C12H20O3. The number of hydrogen-bond donors (Lipinski definition) is 1. The third-order valence-corrected chi connectivity index (χ3v) is 2.97. The first-order valence-electron chi connectivity index (χ1n) is 5.54. The number of hydrogen-bond acceptors (Lipinski definition) is 3. The Morgan fingerprint density at radius 3 is 2.87 bits per heavy atom. The number of allylic oxidation sites excluding steroid dienone is 1. The molecule has 0 saturated carbocycles. The normalized spacial score (nSPS) is 29.6. The molecule has 1 aliphatic rings. The maximum absolute atomic E-state index is 11.6. The van der Waals surface area contributed by atoms with E-state index in [-0.39, 0.29) is 5.92 Å². The van der Waals surface area contributed by atoms with Crippen LogP contribution in [0.15, 0.2) is 12.2 Å². The SMILES string of the molecule is CCOC(=O)[C@](C)(O)[C@H]1C=CC[C@@H](C)C1. The topological polar surface area (TPSA) is 46.5 Å². The molecule has 0 aromatic rings. The van der Waals surface area contributed by atoms with E-state index in [1.54, 1.807) is 6.92 Å². The standard InChI is InChI=1S/C12H20O3/c1-4-15-11(13)12(3,14)10-7-5-6-9(2)8-10/h5,7,9-10,14H,4,6,8H2,1-3H3/t9-,10+,12-/m1/s1. The van der Waals surface area contributed by atoms with Crippen molar-refractivity contribution in [2.24, 2.45) is 11.8 Å². The summed E-state index contributed by atoms with van der Waals surface area (Å²) in [6, 6.07) is 0. The van der Waals surface area contributed by atoms with Crippen LogP contribution in [0.3, 0.4) is 0 Å². The van der Waals surface area contributed by atoms with Crippen LogP contribution < -0.4 is 0 Å². The molecule has 1 N–H and O–H groups in total. The van der Waals surface area contributed by atoms with Crippen molar-refractivity contribution in [3.05, 3.63) is 12.2 Å². The van der Waals surface area contributed by atoms with Crippen LogP contribution in [-0.4, -0.2) is 23.3 Å². The summed E-state index contributed by atoms with van der Waals surface area (Å²) in [7, 11) is 0. The van der Waals surface area contributed by atoms with E-state index >= 15 is 0 Å². The first-order chi connectivity index (χ1) is 6.98. The van der Waals surface area contributed by atoms with Crippen LogP contribution in [0.4, 0.5) is 0 Å². The zero-order chi connectivity index (χ0) is 11.5. The number of esters is 1. The van der Waals surface area contributed by atoms with Crippen LogP contribution >= 0.6 is 0 Å². The molecule has 0 heterocycles. The number of carbonyl (C=O) groups excluding carboxylic acids is 1. The van der Waals surface area contributed by atoms with E-state index in [1.807, 2.05) is 12.2 Å². The van der Waals surface area contributed by atoms with Crippen molar-refractivity contribution >= 4 is 5.97 Å². The maximum Gasteiger partial charge on any atom is 0.338 e. The third-order valence-electron chi connectivity index (χ3n) is 2.97. The van der Waals surface area contributed by atoms with Crippen molar-refractivity contribution in [2.45, 2.75) is 39.2 Å². The highest BCUT2D eigenvalue weighted by Crippen LogP contribution is 2.31. The van der Waals surface area contributed by atoms with E-state index in [1.165, 1.54) is 6.92 Å². The number of ether oxygens (including phenoxy) is 1. The summed E-state index contributed by atoms with van der Waals surface area (Å²) in [6.45, 7) is 5.71. The highest BCUT2D eigenvalue weighted by Gasteiger charge is 2.40. The minimum Gasteiger partial charge on any atom is -0.464 e. The molecule has 0 spiro atoms. The lowest BCUT2D eigenvalue weighted by Gasteiger charge is -2.32. The first-order valence-corrected chi connectivity index (χ1v) is 5.54. The maximum atomic E-state index is 11.6. The molecule has 0 aliphatic heterocycles. The summed E-state index contributed by atoms with van der Waals surface area (Å²) in [5.41, 5.74) is -1.39. The smallest absolute Gasteiger partial charge is 0.338 e. The van der Waals surface area contributed by atoms with Crippen molar-refractivity contribution in [2.75, 3.05) is 6.61 Å². The van der Waals surface area contributed by atoms with Gasteiger partial charge in [-0.2, -0.15) is 0 Å². The van der Waals surface area contributed by atoms with Gasteiger partial charge in [-0.25, -0.2) is 4.79 Å². The Labute approximate surface area is 91.1 Å². The fraction of sp³-hybridized carbons (Fsp3) is 0.750. The summed E-state index contributed by atoms with van der Waals surface area (Å²) in [6.07, 6.45) is 5.82. The summed E-state index contributed by atoms with van der Waals surface area (Å²) in [4.78, 5) is 11.6. The first kappa shape index (κ1) is 12.2. The van der Waals surface area contributed by atoms with Gasteiger partial charge in [0.25, 0.3) is 0 Å².